The van der Waals surface area contributed by atoms with Gasteiger partial charge in [0, 0.05) is 5.92 Å². The van der Waals surface area contributed by atoms with Crippen LogP contribution >= 0.6 is 0 Å². The molecule has 0 radical (unpaired) electrons. The smallest absolute Gasteiger partial charge is 0.121 e. The second-order valence-corrected chi connectivity index (χ2v) is 2.99. The van der Waals surface area contributed by atoms with Crippen LogP contribution in [0.1, 0.15) is 31.3 Å². The van der Waals surface area contributed by atoms with Crippen LogP contribution < -0.4 is 0 Å². The molecule has 4 heteroatoms. The Bertz CT molecular complexity index is 256. The Morgan fingerprint density at radius 2 is 2.17 bits per heavy atom. The van der Waals surface area contributed by atoms with Gasteiger partial charge in [0.2, 0.25) is 0 Å². The van der Waals surface area contributed by atoms with Crippen molar-refractivity contribution >= 4 is 0 Å². The Labute approximate surface area is 71.5 Å². The number of hydrogen-bond donors (Lipinski definition) is 2. The molecule has 0 saturated heterocycles. The summed E-state index contributed by atoms with van der Waals surface area (Å²) in [5.41, 5.74) is 0.654. The van der Waals surface area contributed by atoms with E-state index < -0.39 is 0 Å². The number of hydrogen-bond acceptors (Lipinski definition) is 3. The molecule has 1 rings (SSSR count). The van der Waals surface area contributed by atoms with Crippen molar-refractivity contribution in [2.75, 3.05) is 0 Å². The summed E-state index contributed by atoms with van der Waals surface area (Å²) in [4.78, 5) is 4.10. The first-order valence-electron chi connectivity index (χ1n) is 3.96. The van der Waals surface area contributed by atoms with Crippen molar-refractivity contribution in [3.8, 4) is 0 Å². The average Bonchev–Trinajstić information content (AvgIpc) is 2.46. The summed E-state index contributed by atoms with van der Waals surface area (Å²) in [7, 11) is 0. The Morgan fingerprint density at radius 3 is 2.58 bits per heavy atom. The molecule has 0 amide bonds. The van der Waals surface area contributed by atoms with E-state index in [1.807, 2.05) is 13.8 Å². The summed E-state index contributed by atoms with van der Waals surface area (Å²) < 4.78 is 1.62. The van der Waals surface area contributed by atoms with Gasteiger partial charge < -0.3 is 14.8 Å². The van der Waals surface area contributed by atoms with E-state index in [9.17, 15) is 0 Å². The molecule has 0 aliphatic heterocycles. The molecule has 0 atom stereocenters. The Kier molecular flexibility index (Phi) is 2.83. The molecule has 1 aromatic rings. The van der Waals surface area contributed by atoms with Crippen molar-refractivity contribution in [3.05, 3.63) is 17.7 Å². The first-order chi connectivity index (χ1) is 5.70. The SMILES string of the molecule is CC(C)c1ncc(CO)n1CO. The van der Waals surface area contributed by atoms with Gasteiger partial charge in [-0.05, 0) is 0 Å². The second-order valence-electron chi connectivity index (χ2n) is 2.99. The zero-order chi connectivity index (χ0) is 9.14. The molecule has 2 N–H and O–H groups in total. The topological polar surface area (TPSA) is 58.3 Å². The summed E-state index contributed by atoms with van der Waals surface area (Å²) in [6.45, 7) is 3.79. The van der Waals surface area contributed by atoms with E-state index in [1.165, 1.54) is 0 Å². The van der Waals surface area contributed by atoms with Gasteiger partial charge in [-0.2, -0.15) is 0 Å². The molecule has 0 bridgehead atoms. The van der Waals surface area contributed by atoms with E-state index >= 15 is 0 Å². The van der Waals surface area contributed by atoms with Gasteiger partial charge >= 0.3 is 0 Å². The third-order valence-corrected chi connectivity index (χ3v) is 1.79. The minimum Gasteiger partial charge on any atom is -0.390 e. The highest BCUT2D eigenvalue weighted by Gasteiger charge is 2.10. The Balaban J connectivity index is 3.05. The van der Waals surface area contributed by atoms with Crippen LogP contribution in [0.25, 0.3) is 0 Å². The molecular formula is C8H14N2O2. The van der Waals surface area contributed by atoms with E-state index in [2.05, 4.69) is 4.98 Å². The monoisotopic (exact) mass is 170 g/mol. The van der Waals surface area contributed by atoms with Crippen molar-refractivity contribution in [1.82, 2.24) is 9.55 Å². The number of rotatable bonds is 3. The van der Waals surface area contributed by atoms with Crippen LogP contribution in [0.15, 0.2) is 6.20 Å². The Morgan fingerprint density at radius 1 is 1.50 bits per heavy atom. The molecule has 0 saturated carbocycles. The molecular weight excluding hydrogens is 156 g/mol. The molecule has 0 spiro atoms. The third kappa shape index (κ3) is 1.49. The van der Waals surface area contributed by atoms with Gasteiger partial charge in [-0.25, -0.2) is 4.98 Å². The van der Waals surface area contributed by atoms with Crippen molar-refractivity contribution < 1.29 is 10.2 Å². The number of aliphatic hydroxyl groups excluding tert-OH is 2. The summed E-state index contributed by atoms with van der Waals surface area (Å²) in [5, 5.41) is 17.9. The van der Waals surface area contributed by atoms with Crippen molar-refractivity contribution in [2.45, 2.75) is 33.1 Å². The summed E-state index contributed by atoms with van der Waals surface area (Å²) in [6.07, 6.45) is 1.59. The van der Waals surface area contributed by atoms with Crippen LogP contribution in [0, 0.1) is 0 Å². The van der Waals surface area contributed by atoms with E-state index in [4.69, 9.17) is 10.2 Å². The molecule has 1 heterocycles. The van der Waals surface area contributed by atoms with Crippen molar-refractivity contribution in [2.24, 2.45) is 0 Å². The zero-order valence-electron chi connectivity index (χ0n) is 7.36. The van der Waals surface area contributed by atoms with Crippen molar-refractivity contribution in [3.63, 3.8) is 0 Å². The minimum atomic E-state index is -0.122. The van der Waals surface area contributed by atoms with Crippen LogP contribution in [0.3, 0.4) is 0 Å². The molecule has 12 heavy (non-hydrogen) atoms. The lowest BCUT2D eigenvalue weighted by molar-refractivity contribution is 0.187. The number of aliphatic hydroxyl groups is 2. The van der Waals surface area contributed by atoms with E-state index in [0.29, 0.717) is 5.69 Å². The first-order valence-corrected chi connectivity index (χ1v) is 3.96. The fourth-order valence-electron chi connectivity index (χ4n) is 1.18. The predicted molar refractivity (Wildman–Crippen MR) is 44.5 cm³/mol. The van der Waals surface area contributed by atoms with Gasteiger partial charge in [-0.3, -0.25) is 0 Å². The summed E-state index contributed by atoms with van der Waals surface area (Å²) >= 11 is 0. The van der Waals surface area contributed by atoms with Gasteiger partial charge in [-0.1, -0.05) is 13.8 Å². The third-order valence-electron chi connectivity index (χ3n) is 1.79. The number of aromatic nitrogens is 2. The molecule has 1 aromatic heterocycles. The van der Waals surface area contributed by atoms with E-state index in [0.717, 1.165) is 5.82 Å². The van der Waals surface area contributed by atoms with Crippen LogP contribution in [0.5, 0.6) is 0 Å². The molecule has 0 fully saturated rings. The number of nitrogens with zero attached hydrogens (tertiary/aromatic N) is 2. The zero-order valence-corrected chi connectivity index (χ0v) is 7.36. The molecule has 0 unspecified atom stereocenters. The molecule has 0 aliphatic rings. The summed E-state index contributed by atoms with van der Waals surface area (Å²) in [6, 6.07) is 0. The first kappa shape index (κ1) is 9.22. The maximum Gasteiger partial charge on any atom is 0.121 e. The highest BCUT2D eigenvalue weighted by Crippen LogP contribution is 2.14. The molecule has 0 aliphatic carbocycles. The van der Waals surface area contributed by atoms with Crippen LogP contribution in [0.2, 0.25) is 0 Å². The lowest BCUT2D eigenvalue weighted by atomic mass is 10.2. The van der Waals surface area contributed by atoms with Crippen molar-refractivity contribution in [1.29, 1.82) is 0 Å². The van der Waals surface area contributed by atoms with Gasteiger partial charge in [0.05, 0.1) is 18.5 Å². The molecule has 68 valence electrons. The second kappa shape index (κ2) is 3.69. The predicted octanol–water partition coefficient (Wildman–Crippen LogP) is 0.449. The minimum absolute atomic E-state index is 0.0831. The fraction of sp³-hybridized carbons (Fsp3) is 0.625. The van der Waals surface area contributed by atoms with Crippen LogP contribution in [0.4, 0.5) is 0 Å². The highest BCUT2D eigenvalue weighted by molar-refractivity contribution is 5.06. The largest absolute Gasteiger partial charge is 0.390 e. The van der Waals surface area contributed by atoms with Gasteiger partial charge in [0.1, 0.15) is 12.6 Å². The van der Waals surface area contributed by atoms with Gasteiger partial charge in [0.25, 0.3) is 0 Å². The van der Waals surface area contributed by atoms with E-state index in [-0.39, 0.29) is 19.3 Å². The normalized spacial score (nSPS) is 11.1. The highest BCUT2D eigenvalue weighted by atomic mass is 16.3. The van der Waals surface area contributed by atoms with Crippen LogP contribution in [-0.2, 0) is 13.3 Å². The van der Waals surface area contributed by atoms with Gasteiger partial charge in [0.15, 0.2) is 0 Å². The van der Waals surface area contributed by atoms with Crippen LogP contribution in [-0.4, -0.2) is 19.8 Å². The lowest BCUT2D eigenvalue weighted by Gasteiger charge is -2.08. The standard InChI is InChI=1S/C8H14N2O2/c1-6(2)8-9-3-7(4-11)10(8)5-12/h3,6,11-12H,4-5H2,1-2H3. The van der Waals surface area contributed by atoms with E-state index in [1.54, 1.807) is 10.8 Å². The maximum atomic E-state index is 8.98. The maximum absolute atomic E-state index is 8.98. The molecule has 4 nitrogen and oxygen atoms in total. The number of imidazole rings is 1. The quantitative estimate of drug-likeness (QED) is 0.692. The average molecular weight is 170 g/mol. The Hall–Kier alpha value is -0.870. The fourth-order valence-corrected chi connectivity index (χ4v) is 1.18. The molecule has 0 aromatic carbocycles. The lowest BCUT2D eigenvalue weighted by Crippen LogP contribution is -2.08. The summed E-state index contributed by atoms with van der Waals surface area (Å²) in [5.74, 6) is 1.07. The van der Waals surface area contributed by atoms with Gasteiger partial charge in [-0.15, -0.1) is 0 Å².